The van der Waals surface area contributed by atoms with E-state index < -0.39 is 28.8 Å². The van der Waals surface area contributed by atoms with Crippen molar-refractivity contribution < 1.29 is 14.4 Å². The van der Waals surface area contributed by atoms with Gasteiger partial charge in [0.1, 0.15) is 11.5 Å². The minimum atomic E-state index is -1.29. The molecule has 1 N–H and O–H groups in total. The fourth-order valence-corrected chi connectivity index (χ4v) is 6.67. The summed E-state index contributed by atoms with van der Waals surface area (Å²) in [6.45, 7) is 7.57. The van der Waals surface area contributed by atoms with Crippen LogP contribution in [0.25, 0.3) is 6.08 Å². The normalized spacial score (nSPS) is 25.1. The number of amides is 1. The van der Waals surface area contributed by atoms with Gasteiger partial charge >= 0.3 is 0 Å². The van der Waals surface area contributed by atoms with E-state index in [1.165, 1.54) is 0 Å². The second-order valence-electron chi connectivity index (χ2n) is 11.6. The molecule has 0 aromatic heterocycles. The Labute approximate surface area is 227 Å². The number of ketones is 2. The summed E-state index contributed by atoms with van der Waals surface area (Å²) >= 11 is 6.34. The van der Waals surface area contributed by atoms with Crippen LogP contribution in [-0.4, -0.2) is 29.6 Å². The molecule has 3 heterocycles. The lowest BCUT2D eigenvalue weighted by molar-refractivity contribution is -0.128. The maximum absolute atomic E-state index is 14.6. The van der Waals surface area contributed by atoms with Gasteiger partial charge in [-0.25, -0.2) is 0 Å². The van der Waals surface area contributed by atoms with Crippen LogP contribution in [-0.2, 0) is 15.0 Å². The van der Waals surface area contributed by atoms with Crippen LogP contribution in [0.3, 0.4) is 0 Å². The highest BCUT2D eigenvalue weighted by atomic mass is 35.5. The lowest BCUT2D eigenvalue weighted by Gasteiger charge is -2.38. The number of para-hydroxylation sites is 1. The number of anilines is 2. The number of carbonyl (C=O) groups excluding carboxylic acids is 3. The molecule has 0 unspecified atom stereocenters. The van der Waals surface area contributed by atoms with Crippen LogP contribution in [0.5, 0.6) is 0 Å². The topological polar surface area (TPSA) is 66.5 Å². The predicted molar refractivity (Wildman–Crippen MR) is 151 cm³/mol. The molecule has 192 valence electrons. The van der Waals surface area contributed by atoms with Crippen molar-refractivity contribution in [2.24, 2.45) is 11.3 Å². The van der Waals surface area contributed by atoms with Crippen molar-refractivity contribution >= 4 is 46.5 Å². The first-order valence-electron chi connectivity index (χ1n) is 12.9. The second kappa shape index (κ2) is 8.40. The first kappa shape index (κ1) is 24.6. The van der Waals surface area contributed by atoms with Crippen LogP contribution in [0.1, 0.15) is 47.8 Å². The van der Waals surface area contributed by atoms with Gasteiger partial charge in [-0.3, -0.25) is 14.4 Å². The minimum absolute atomic E-state index is 0.0850. The summed E-state index contributed by atoms with van der Waals surface area (Å²) in [4.78, 5) is 45.3. The van der Waals surface area contributed by atoms with Crippen molar-refractivity contribution in [3.63, 3.8) is 0 Å². The Hall–Kier alpha value is -3.70. The van der Waals surface area contributed by atoms with E-state index in [4.69, 9.17) is 11.6 Å². The molecule has 3 aromatic rings. The fraction of sp³-hybridized carbons (Fsp3) is 0.281. The van der Waals surface area contributed by atoms with Gasteiger partial charge in [-0.15, -0.1) is 0 Å². The highest BCUT2D eigenvalue weighted by Gasteiger charge is 2.70. The number of nitrogens with zero attached hydrogens (tertiary/aromatic N) is 1. The molecule has 3 aromatic carbocycles. The Kier molecular flexibility index (Phi) is 5.45. The summed E-state index contributed by atoms with van der Waals surface area (Å²) < 4.78 is 0. The highest BCUT2D eigenvalue weighted by Crippen LogP contribution is 2.58. The van der Waals surface area contributed by atoms with Crippen LogP contribution < -0.4 is 10.2 Å². The van der Waals surface area contributed by atoms with Gasteiger partial charge in [-0.1, -0.05) is 92.6 Å². The number of aryl methyl sites for hydroxylation is 1. The Bertz CT molecular complexity index is 1530. The SMILES string of the molecule is Cc1ccc(C(=O)[C@@H]2[C@H](C(=O)C(C)(C)C)N3c4ccc(Cl)cc4C=C[C@@H]3[C@@]23C(=O)Nc2ccccc23)cc1. The third-order valence-electron chi connectivity index (χ3n) is 8.22. The first-order chi connectivity index (χ1) is 18.0. The van der Waals surface area contributed by atoms with Crippen LogP contribution in [0.4, 0.5) is 11.4 Å². The molecule has 1 saturated heterocycles. The van der Waals surface area contributed by atoms with Crippen LogP contribution in [0.15, 0.2) is 72.8 Å². The zero-order valence-corrected chi connectivity index (χ0v) is 22.5. The number of carbonyl (C=O) groups is 3. The third kappa shape index (κ3) is 3.34. The average Bonchev–Trinajstić information content (AvgIpc) is 3.35. The quantitative estimate of drug-likeness (QED) is 0.412. The maximum atomic E-state index is 14.6. The molecule has 5 nitrogen and oxygen atoms in total. The van der Waals surface area contributed by atoms with Gasteiger partial charge in [0, 0.05) is 27.4 Å². The lowest BCUT2D eigenvalue weighted by Crippen LogP contribution is -2.51. The van der Waals surface area contributed by atoms with Crippen molar-refractivity contribution in [1.82, 2.24) is 0 Å². The molecular formula is C32H29ClN2O3. The third-order valence-corrected chi connectivity index (χ3v) is 8.46. The monoisotopic (exact) mass is 524 g/mol. The van der Waals surface area contributed by atoms with E-state index >= 15 is 0 Å². The van der Waals surface area contributed by atoms with Crippen molar-refractivity contribution in [2.45, 2.75) is 45.2 Å². The summed E-state index contributed by atoms with van der Waals surface area (Å²) in [6, 6.07) is 19.0. The van der Waals surface area contributed by atoms with Crippen molar-refractivity contribution in [3.8, 4) is 0 Å². The highest BCUT2D eigenvalue weighted by molar-refractivity contribution is 6.31. The molecule has 1 spiro atoms. The number of fused-ring (bicyclic) bond motifs is 6. The van der Waals surface area contributed by atoms with Crippen LogP contribution >= 0.6 is 11.6 Å². The van der Waals surface area contributed by atoms with E-state index in [0.29, 0.717) is 16.3 Å². The molecule has 0 radical (unpaired) electrons. The zero-order chi connectivity index (χ0) is 27.0. The summed E-state index contributed by atoms with van der Waals surface area (Å²) in [5, 5.41) is 3.64. The molecule has 6 rings (SSSR count). The Morgan fingerprint density at radius 2 is 1.71 bits per heavy atom. The molecule has 1 amide bonds. The smallest absolute Gasteiger partial charge is 0.238 e. The van der Waals surface area contributed by atoms with Gasteiger partial charge in [-0.05, 0) is 42.3 Å². The fourth-order valence-electron chi connectivity index (χ4n) is 6.49. The summed E-state index contributed by atoms with van der Waals surface area (Å²) in [7, 11) is 0. The van der Waals surface area contributed by atoms with E-state index in [0.717, 1.165) is 22.4 Å². The number of hydrogen-bond donors (Lipinski definition) is 1. The molecule has 3 aliphatic heterocycles. The molecule has 4 atom stereocenters. The van der Waals surface area contributed by atoms with Crippen molar-refractivity contribution in [1.29, 1.82) is 0 Å². The summed E-state index contributed by atoms with van der Waals surface area (Å²) in [6.07, 6.45) is 3.92. The van der Waals surface area contributed by atoms with Gasteiger partial charge in [-0.2, -0.15) is 0 Å². The van der Waals surface area contributed by atoms with Crippen LogP contribution in [0.2, 0.25) is 5.02 Å². The largest absolute Gasteiger partial charge is 0.352 e. The number of Topliss-reactive ketones (excluding diaryl/α,β-unsaturated/α-hetero) is 2. The zero-order valence-electron chi connectivity index (χ0n) is 21.8. The van der Waals surface area contributed by atoms with E-state index in [2.05, 4.69) is 5.32 Å². The Morgan fingerprint density at radius 3 is 2.42 bits per heavy atom. The van der Waals surface area contributed by atoms with E-state index in [-0.39, 0.29) is 17.5 Å². The standard InChI is InChI=1S/C32H29ClN2O3/c1-18-9-11-19(12-10-18)28(36)26-27(29(37)31(2,3)4)35-24-15-14-21(33)17-20(24)13-16-25(35)32(26)22-7-5-6-8-23(22)34-30(32)38/h5-17,25-27H,1-4H3,(H,34,38)/t25-,26+,27-,32-/m1/s1. The number of hydrogen-bond acceptors (Lipinski definition) is 4. The second-order valence-corrected chi connectivity index (χ2v) is 12.0. The van der Waals surface area contributed by atoms with Gasteiger partial charge in [0.15, 0.2) is 11.6 Å². The van der Waals surface area contributed by atoms with Crippen molar-refractivity contribution in [3.05, 3.63) is 100 Å². The molecule has 38 heavy (non-hydrogen) atoms. The number of benzene rings is 3. The predicted octanol–water partition coefficient (Wildman–Crippen LogP) is 6.24. The molecule has 6 heteroatoms. The molecule has 1 fully saturated rings. The summed E-state index contributed by atoms with van der Waals surface area (Å²) in [5.74, 6) is -1.50. The summed E-state index contributed by atoms with van der Waals surface area (Å²) in [5.41, 5.74) is 2.54. The number of halogens is 1. The molecule has 0 aliphatic carbocycles. The first-order valence-corrected chi connectivity index (χ1v) is 13.2. The number of nitrogens with one attached hydrogen (secondary N) is 1. The van der Waals surface area contributed by atoms with Gasteiger partial charge in [0.25, 0.3) is 0 Å². The maximum Gasteiger partial charge on any atom is 0.238 e. The van der Waals surface area contributed by atoms with E-state index in [1.54, 1.807) is 18.2 Å². The Balaban J connectivity index is 1.68. The molecule has 0 saturated carbocycles. The van der Waals surface area contributed by atoms with E-state index in [9.17, 15) is 14.4 Å². The Morgan fingerprint density at radius 1 is 1.00 bits per heavy atom. The van der Waals surface area contributed by atoms with Crippen LogP contribution in [0, 0.1) is 18.3 Å². The van der Waals surface area contributed by atoms with Gasteiger partial charge < -0.3 is 10.2 Å². The average molecular weight is 525 g/mol. The van der Waals surface area contributed by atoms with Crippen molar-refractivity contribution in [2.75, 3.05) is 10.2 Å². The van der Waals surface area contributed by atoms with Gasteiger partial charge in [0.2, 0.25) is 5.91 Å². The molecule has 3 aliphatic rings. The molecule has 0 bridgehead atoms. The van der Waals surface area contributed by atoms with E-state index in [1.807, 2.05) is 93.3 Å². The minimum Gasteiger partial charge on any atom is -0.352 e. The van der Waals surface area contributed by atoms with Gasteiger partial charge in [0.05, 0.1) is 12.0 Å². The molecular weight excluding hydrogens is 496 g/mol. The number of rotatable bonds is 3. The lowest BCUT2D eigenvalue weighted by atomic mass is 9.63.